The van der Waals surface area contributed by atoms with Crippen molar-refractivity contribution in [2.45, 2.75) is 38.8 Å². The first-order valence-electron chi connectivity index (χ1n) is 10.7. The smallest absolute Gasteiger partial charge is 0.322 e. The number of benzene rings is 2. The molecular formula is C25H32N2O5. The van der Waals surface area contributed by atoms with Crippen LogP contribution in [-0.4, -0.2) is 50.7 Å². The van der Waals surface area contributed by atoms with E-state index in [0.29, 0.717) is 12.0 Å². The Kier molecular flexibility index (Phi) is 9.88. The lowest BCUT2D eigenvalue weighted by Crippen LogP contribution is -2.49. The van der Waals surface area contributed by atoms with E-state index in [-0.39, 0.29) is 24.8 Å². The predicted octanol–water partition coefficient (Wildman–Crippen LogP) is 3.19. The fourth-order valence-electron chi connectivity index (χ4n) is 3.38. The second kappa shape index (κ2) is 12.6. The lowest BCUT2D eigenvalue weighted by atomic mass is 10.0. The first-order chi connectivity index (χ1) is 15.3. The summed E-state index contributed by atoms with van der Waals surface area (Å²) in [6, 6.07) is 15.9. The van der Waals surface area contributed by atoms with Gasteiger partial charge in [0.05, 0.1) is 14.2 Å². The predicted molar refractivity (Wildman–Crippen MR) is 123 cm³/mol. The van der Waals surface area contributed by atoms with Crippen molar-refractivity contribution in [3.05, 3.63) is 60.2 Å². The number of nitrogens with one attached hydrogen (secondary N) is 2. The van der Waals surface area contributed by atoms with E-state index in [1.165, 1.54) is 14.2 Å². The fourth-order valence-corrected chi connectivity index (χ4v) is 3.38. The average molecular weight is 441 g/mol. The lowest BCUT2D eigenvalue weighted by molar-refractivity contribution is -0.146. The molecule has 2 N–H and O–H groups in total. The Morgan fingerprint density at radius 2 is 1.38 bits per heavy atom. The Morgan fingerprint density at radius 3 is 1.94 bits per heavy atom. The molecule has 0 aliphatic heterocycles. The first-order valence-corrected chi connectivity index (χ1v) is 10.7. The molecule has 32 heavy (non-hydrogen) atoms. The monoisotopic (exact) mass is 440 g/mol. The summed E-state index contributed by atoms with van der Waals surface area (Å²) in [6.45, 7) is 4.20. The van der Waals surface area contributed by atoms with Crippen LogP contribution in [0.4, 0.5) is 0 Å². The molecule has 2 aromatic rings. The van der Waals surface area contributed by atoms with Gasteiger partial charge in [0, 0.05) is 12.1 Å². The van der Waals surface area contributed by atoms with Crippen molar-refractivity contribution < 1.29 is 23.9 Å². The van der Waals surface area contributed by atoms with Gasteiger partial charge in [0.2, 0.25) is 0 Å². The first kappa shape index (κ1) is 25.1. The van der Waals surface area contributed by atoms with Gasteiger partial charge in [0.25, 0.3) is 5.91 Å². The molecule has 1 amide bonds. The van der Waals surface area contributed by atoms with Crippen molar-refractivity contribution in [3.8, 4) is 11.1 Å². The standard InChI is InChI=1S/C25H32N2O5/c1-17(2)16-22(25(30)32-4)27-21(24(29)31-3)14-15-26-23(28)20-12-10-19(11-13-20)18-8-6-5-7-9-18/h5-13,17,21-22,27H,14-16H2,1-4H3,(H,26,28)/t21-,22-/m0/s1. The zero-order valence-electron chi connectivity index (χ0n) is 19.1. The molecule has 2 atom stereocenters. The van der Waals surface area contributed by atoms with Crippen LogP contribution in [0.2, 0.25) is 0 Å². The SMILES string of the molecule is COC(=O)[C@H](CCNC(=O)c1ccc(-c2ccccc2)cc1)N[C@@H](CC(C)C)C(=O)OC. The minimum Gasteiger partial charge on any atom is -0.468 e. The van der Waals surface area contributed by atoms with Crippen LogP contribution in [0, 0.1) is 5.92 Å². The number of esters is 2. The topological polar surface area (TPSA) is 93.7 Å². The molecular weight excluding hydrogens is 408 g/mol. The van der Waals surface area contributed by atoms with E-state index in [9.17, 15) is 14.4 Å². The zero-order chi connectivity index (χ0) is 23.5. The third-order valence-electron chi connectivity index (χ3n) is 5.05. The molecule has 7 heteroatoms. The van der Waals surface area contributed by atoms with Gasteiger partial charge >= 0.3 is 11.9 Å². The van der Waals surface area contributed by atoms with Crippen molar-refractivity contribution in [2.24, 2.45) is 5.92 Å². The van der Waals surface area contributed by atoms with Gasteiger partial charge in [0.15, 0.2) is 0 Å². The quantitative estimate of drug-likeness (QED) is 0.521. The maximum atomic E-state index is 12.5. The van der Waals surface area contributed by atoms with Gasteiger partial charge in [-0.05, 0) is 42.0 Å². The highest BCUT2D eigenvalue weighted by atomic mass is 16.5. The fraction of sp³-hybridized carbons (Fsp3) is 0.400. The second-order valence-corrected chi connectivity index (χ2v) is 7.94. The lowest BCUT2D eigenvalue weighted by Gasteiger charge is -2.24. The molecule has 0 radical (unpaired) electrons. The molecule has 0 aliphatic carbocycles. The van der Waals surface area contributed by atoms with Gasteiger partial charge in [-0.2, -0.15) is 0 Å². The van der Waals surface area contributed by atoms with Gasteiger partial charge in [-0.3, -0.25) is 19.7 Å². The van der Waals surface area contributed by atoms with Crippen molar-refractivity contribution in [2.75, 3.05) is 20.8 Å². The highest BCUT2D eigenvalue weighted by Crippen LogP contribution is 2.19. The van der Waals surface area contributed by atoms with Gasteiger partial charge in [0.1, 0.15) is 12.1 Å². The van der Waals surface area contributed by atoms with Crippen LogP contribution >= 0.6 is 0 Å². The minimum atomic E-state index is -0.747. The molecule has 0 saturated heterocycles. The molecule has 7 nitrogen and oxygen atoms in total. The third-order valence-corrected chi connectivity index (χ3v) is 5.05. The Labute approximate surface area is 189 Å². The largest absolute Gasteiger partial charge is 0.468 e. The Morgan fingerprint density at radius 1 is 0.812 bits per heavy atom. The van der Waals surface area contributed by atoms with Crippen LogP contribution < -0.4 is 10.6 Å². The maximum Gasteiger partial charge on any atom is 0.322 e. The molecule has 0 aromatic heterocycles. The molecule has 0 saturated carbocycles. The van der Waals surface area contributed by atoms with Crippen molar-refractivity contribution in [1.29, 1.82) is 0 Å². The Bertz CT molecular complexity index is 881. The van der Waals surface area contributed by atoms with E-state index in [4.69, 9.17) is 9.47 Å². The summed E-state index contributed by atoms with van der Waals surface area (Å²) in [4.78, 5) is 36.8. The maximum absolute atomic E-state index is 12.5. The summed E-state index contributed by atoms with van der Waals surface area (Å²) < 4.78 is 9.71. The van der Waals surface area contributed by atoms with E-state index in [1.807, 2.05) is 56.3 Å². The highest BCUT2D eigenvalue weighted by Gasteiger charge is 2.28. The van der Waals surface area contributed by atoms with E-state index >= 15 is 0 Å². The number of carbonyl (C=O) groups is 3. The van der Waals surface area contributed by atoms with E-state index in [1.54, 1.807) is 12.1 Å². The van der Waals surface area contributed by atoms with Crippen LogP contribution in [0.5, 0.6) is 0 Å². The molecule has 2 aromatic carbocycles. The van der Waals surface area contributed by atoms with Crippen LogP contribution in [-0.2, 0) is 19.1 Å². The summed E-state index contributed by atoms with van der Waals surface area (Å²) >= 11 is 0. The zero-order valence-corrected chi connectivity index (χ0v) is 19.1. The molecule has 2 rings (SSSR count). The summed E-state index contributed by atoms with van der Waals surface area (Å²) in [5.74, 6) is -0.942. The summed E-state index contributed by atoms with van der Waals surface area (Å²) in [6.07, 6.45) is 0.784. The number of hydrogen-bond donors (Lipinski definition) is 2. The molecule has 0 spiro atoms. The third kappa shape index (κ3) is 7.50. The molecule has 0 bridgehead atoms. The van der Waals surface area contributed by atoms with Crippen LogP contribution in [0.15, 0.2) is 54.6 Å². The molecule has 172 valence electrons. The summed E-state index contributed by atoms with van der Waals surface area (Å²) in [5, 5.41) is 5.85. The normalized spacial score (nSPS) is 12.7. The summed E-state index contributed by atoms with van der Waals surface area (Å²) in [5.41, 5.74) is 2.63. The number of amides is 1. The van der Waals surface area contributed by atoms with Gasteiger partial charge in [-0.25, -0.2) is 0 Å². The Hall–Kier alpha value is -3.19. The number of methoxy groups -OCH3 is 2. The van der Waals surface area contributed by atoms with Crippen LogP contribution in [0.25, 0.3) is 11.1 Å². The number of rotatable bonds is 11. The number of ether oxygens (including phenoxy) is 2. The molecule has 0 fully saturated rings. The van der Waals surface area contributed by atoms with Gasteiger partial charge in [-0.1, -0.05) is 56.3 Å². The van der Waals surface area contributed by atoms with Gasteiger partial charge in [-0.15, -0.1) is 0 Å². The average Bonchev–Trinajstić information content (AvgIpc) is 2.82. The van der Waals surface area contributed by atoms with Crippen molar-refractivity contribution in [3.63, 3.8) is 0 Å². The molecule has 0 unspecified atom stereocenters. The highest BCUT2D eigenvalue weighted by molar-refractivity contribution is 5.94. The molecule has 0 heterocycles. The van der Waals surface area contributed by atoms with Crippen LogP contribution in [0.3, 0.4) is 0 Å². The van der Waals surface area contributed by atoms with E-state index in [0.717, 1.165) is 11.1 Å². The minimum absolute atomic E-state index is 0.225. The Balaban J connectivity index is 1.95. The van der Waals surface area contributed by atoms with Crippen molar-refractivity contribution in [1.82, 2.24) is 10.6 Å². The second-order valence-electron chi connectivity index (χ2n) is 7.94. The summed E-state index contributed by atoms with van der Waals surface area (Å²) in [7, 11) is 2.60. The van der Waals surface area contributed by atoms with Crippen LogP contribution in [0.1, 0.15) is 37.0 Å². The van der Waals surface area contributed by atoms with E-state index < -0.39 is 24.0 Å². The number of carbonyl (C=O) groups excluding carboxylic acids is 3. The number of hydrogen-bond acceptors (Lipinski definition) is 6. The van der Waals surface area contributed by atoms with Crippen molar-refractivity contribution >= 4 is 17.8 Å². The van der Waals surface area contributed by atoms with Gasteiger partial charge < -0.3 is 14.8 Å². The van der Waals surface area contributed by atoms with E-state index in [2.05, 4.69) is 10.6 Å². The molecule has 0 aliphatic rings.